The number of hydrogen-bond donors (Lipinski definition) is 1. The fraction of sp³-hybridized carbons (Fsp3) is 0.524. The van der Waals surface area contributed by atoms with Crippen LogP contribution in [-0.2, 0) is 29.5 Å². The summed E-state index contributed by atoms with van der Waals surface area (Å²) in [5.41, 5.74) is -0.0203. The van der Waals surface area contributed by atoms with Crippen molar-refractivity contribution in [2.24, 2.45) is 5.92 Å². The molecule has 29 heavy (non-hydrogen) atoms. The summed E-state index contributed by atoms with van der Waals surface area (Å²) in [6, 6.07) is 5.69. The quantitative estimate of drug-likeness (QED) is 0.773. The molecule has 0 aromatic heterocycles. The van der Waals surface area contributed by atoms with E-state index < -0.39 is 29.8 Å². The van der Waals surface area contributed by atoms with Crippen LogP contribution in [0.1, 0.15) is 46.1 Å². The van der Waals surface area contributed by atoms with Gasteiger partial charge in [-0.3, -0.25) is 24.1 Å². The average molecular weight is 399 g/mol. The van der Waals surface area contributed by atoms with Crippen LogP contribution in [0.4, 0.5) is 5.69 Å². The number of anilines is 1. The van der Waals surface area contributed by atoms with Crippen LogP contribution >= 0.6 is 0 Å². The van der Waals surface area contributed by atoms with Gasteiger partial charge in [-0.05, 0) is 18.4 Å². The first-order valence-electron chi connectivity index (χ1n) is 9.89. The first-order chi connectivity index (χ1) is 13.7. The van der Waals surface area contributed by atoms with Crippen molar-refractivity contribution >= 4 is 29.4 Å². The van der Waals surface area contributed by atoms with E-state index in [0.717, 1.165) is 0 Å². The van der Waals surface area contributed by atoms with Crippen molar-refractivity contribution in [1.29, 1.82) is 0 Å². The number of fused-ring (bicyclic) bond motifs is 5. The highest BCUT2D eigenvalue weighted by molar-refractivity contribution is 6.02. The van der Waals surface area contributed by atoms with Gasteiger partial charge in [-0.15, -0.1) is 0 Å². The van der Waals surface area contributed by atoms with Gasteiger partial charge in [-0.2, -0.15) is 0 Å². The molecule has 0 radical (unpaired) electrons. The molecule has 3 heterocycles. The second-order valence-corrected chi connectivity index (χ2v) is 8.42. The number of nitrogens with zero attached hydrogens (tertiary/aromatic N) is 2. The Morgan fingerprint density at radius 3 is 2.55 bits per heavy atom. The summed E-state index contributed by atoms with van der Waals surface area (Å²) in [6.07, 6.45) is -0.266. The van der Waals surface area contributed by atoms with Crippen LogP contribution in [0.15, 0.2) is 24.3 Å². The predicted molar refractivity (Wildman–Crippen MR) is 103 cm³/mol. The molecule has 1 aromatic carbocycles. The van der Waals surface area contributed by atoms with E-state index in [2.05, 4.69) is 5.32 Å². The van der Waals surface area contributed by atoms with E-state index in [9.17, 15) is 19.2 Å². The lowest BCUT2D eigenvalue weighted by atomic mass is 9.90. The molecule has 2 saturated heterocycles. The van der Waals surface area contributed by atoms with E-state index in [1.54, 1.807) is 24.3 Å². The van der Waals surface area contributed by atoms with Crippen molar-refractivity contribution < 1.29 is 23.9 Å². The van der Waals surface area contributed by atoms with Gasteiger partial charge in [-0.1, -0.05) is 32.0 Å². The number of esters is 1. The topological polar surface area (TPSA) is 96.0 Å². The normalized spacial score (nSPS) is 30.0. The number of carbonyl (C=O) groups excluding carboxylic acids is 4. The molecule has 1 N–H and O–H groups in total. The fourth-order valence-electron chi connectivity index (χ4n) is 5.02. The maximum absolute atomic E-state index is 13.4. The third kappa shape index (κ3) is 2.73. The first-order valence-corrected chi connectivity index (χ1v) is 9.89. The largest absolute Gasteiger partial charge is 0.450 e. The lowest BCUT2D eigenvalue weighted by Gasteiger charge is -2.41. The van der Waals surface area contributed by atoms with Gasteiger partial charge in [0.15, 0.2) is 11.8 Å². The smallest absolute Gasteiger partial charge is 0.303 e. The average Bonchev–Trinajstić information content (AvgIpc) is 3.08. The Morgan fingerprint density at radius 2 is 1.93 bits per heavy atom. The monoisotopic (exact) mass is 399 g/mol. The van der Waals surface area contributed by atoms with E-state index in [1.807, 2.05) is 13.8 Å². The summed E-state index contributed by atoms with van der Waals surface area (Å²) in [5.74, 6) is -1.14. The molecule has 0 spiro atoms. The number of amides is 3. The molecule has 8 heteroatoms. The number of ether oxygens (including phenoxy) is 1. The van der Waals surface area contributed by atoms with Crippen molar-refractivity contribution in [3.8, 4) is 0 Å². The molecule has 8 nitrogen and oxygen atoms in total. The summed E-state index contributed by atoms with van der Waals surface area (Å²) < 4.78 is 5.83. The minimum Gasteiger partial charge on any atom is -0.450 e. The van der Waals surface area contributed by atoms with Crippen LogP contribution in [0.3, 0.4) is 0 Å². The van der Waals surface area contributed by atoms with E-state index in [1.165, 1.54) is 23.6 Å². The van der Waals surface area contributed by atoms with Gasteiger partial charge in [0, 0.05) is 25.8 Å². The van der Waals surface area contributed by atoms with Crippen LogP contribution in [0.2, 0.25) is 0 Å². The second kappa shape index (κ2) is 6.57. The Labute approximate surface area is 169 Å². The zero-order valence-electron chi connectivity index (χ0n) is 17.0. The van der Waals surface area contributed by atoms with E-state index in [0.29, 0.717) is 17.7 Å². The maximum Gasteiger partial charge on any atom is 0.303 e. The summed E-state index contributed by atoms with van der Waals surface area (Å²) in [7, 11) is 0. The fourth-order valence-corrected chi connectivity index (χ4v) is 5.02. The summed E-state index contributed by atoms with van der Waals surface area (Å²) in [6.45, 7) is 6.66. The molecule has 3 aliphatic rings. The van der Waals surface area contributed by atoms with Gasteiger partial charge in [0.1, 0.15) is 12.1 Å². The molecule has 0 aliphatic carbocycles. The second-order valence-electron chi connectivity index (χ2n) is 8.42. The third-order valence-electron chi connectivity index (χ3n) is 5.92. The molecule has 3 aliphatic heterocycles. The van der Waals surface area contributed by atoms with Gasteiger partial charge in [0.2, 0.25) is 17.7 Å². The molecule has 0 unspecified atom stereocenters. The minimum absolute atomic E-state index is 0.115. The molecular formula is C21H25N3O5. The Hall–Kier alpha value is -2.90. The van der Waals surface area contributed by atoms with Crippen LogP contribution in [0.5, 0.6) is 0 Å². The highest BCUT2D eigenvalue weighted by Crippen LogP contribution is 2.55. The maximum atomic E-state index is 13.4. The Bertz CT molecular complexity index is 913. The van der Waals surface area contributed by atoms with Gasteiger partial charge in [-0.25, -0.2) is 0 Å². The highest BCUT2D eigenvalue weighted by atomic mass is 16.6. The van der Waals surface area contributed by atoms with Crippen LogP contribution in [-0.4, -0.2) is 46.8 Å². The van der Waals surface area contributed by atoms with Gasteiger partial charge in [0.25, 0.3) is 0 Å². The number of benzene rings is 1. The molecule has 0 saturated carbocycles. The molecular weight excluding hydrogens is 374 g/mol. The molecule has 0 bridgehead atoms. The van der Waals surface area contributed by atoms with Crippen molar-refractivity contribution in [3.63, 3.8) is 0 Å². The number of para-hydroxylation sites is 1. The lowest BCUT2D eigenvalue weighted by Crippen LogP contribution is -2.66. The van der Waals surface area contributed by atoms with Crippen molar-refractivity contribution in [2.45, 2.75) is 64.4 Å². The van der Waals surface area contributed by atoms with E-state index in [-0.39, 0.29) is 30.1 Å². The molecule has 3 amide bonds. The molecule has 1 aromatic rings. The van der Waals surface area contributed by atoms with Gasteiger partial charge < -0.3 is 15.0 Å². The molecule has 2 fully saturated rings. The number of carbonyl (C=O) groups is 4. The van der Waals surface area contributed by atoms with Crippen LogP contribution < -0.4 is 10.2 Å². The highest BCUT2D eigenvalue weighted by Gasteiger charge is 2.68. The number of hydrogen-bond acceptors (Lipinski definition) is 5. The Balaban J connectivity index is 1.88. The number of piperazine rings is 1. The van der Waals surface area contributed by atoms with Crippen molar-refractivity contribution in [3.05, 3.63) is 29.8 Å². The van der Waals surface area contributed by atoms with Crippen molar-refractivity contribution in [1.82, 2.24) is 10.2 Å². The van der Waals surface area contributed by atoms with E-state index in [4.69, 9.17) is 4.74 Å². The van der Waals surface area contributed by atoms with Gasteiger partial charge >= 0.3 is 5.97 Å². The molecule has 4 atom stereocenters. The minimum atomic E-state index is -1.27. The predicted octanol–water partition coefficient (Wildman–Crippen LogP) is 1.28. The summed E-state index contributed by atoms with van der Waals surface area (Å²) >= 11 is 0. The van der Waals surface area contributed by atoms with E-state index >= 15 is 0 Å². The third-order valence-corrected chi connectivity index (χ3v) is 5.92. The first kappa shape index (κ1) is 19.4. The summed E-state index contributed by atoms with van der Waals surface area (Å²) in [4.78, 5) is 54.0. The number of rotatable bonds is 3. The molecule has 4 rings (SSSR count). The Kier molecular flexibility index (Phi) is 4.40. The SMILES string of the molecule is CC(=O)O[C@]12C[C@@H]3C(=O)N[C@@H](CC(C)C)C(=O)N3[C@H]1N(C(C)=O)c1ccccc12. The van der Waals surface area contributed by atoms with Gasteiger partial charge in [0.05, 0.1) is 5.69 Å². The lowest BCUT2D eigenvalue weighted by molar-refractivity contribution is -0.163. The zero-order chi connectivity index (χ0) is 21.1. The van der Waals surface area contributed by atoms with Crippen LogP contribution in [0, 0.1) is 5.92 Å². The Morgan fingerprint density at radius 1 is 1.24 bits per heavy atom. The number of nitrogens with one attached hydrogen (secondary N) is 1. The standard InChI is InChI=1S/C21H25N3O5/c1-11(2)9-15-19(28)24-17(18(27)22-15)10-21(29-13(4)26)14-7-5-6-8-16(14)23(12(3)25)20(21)24/h5-8,11,15,17,20H,9-10H2,1-4H3,(H,22,27)/t15-,17+,20+,21-/m0/s1. The zero-order valence-corrected chi connectivity index (χ0v) is 17.0. The summed E-state index contributed by atoms with van der Waals surface area (Å²) in [5, 5.41) is 2.82. The molecule has 154 valence electrons. The van der Waals surface area contributed by atoms with Crippen LogP contribution in [0.25, 0.3) is 0 Å². The van der Waals surface area contributed by atoms with Crippen molar-refractivity contribution in [2.75, 3.05) is 4.90 Å².